The van der Waals surface area contributed by atoms with E-state index in [2.05, 4.69) is 0 Å². The van der Waals surface area contributed by atoms with Crippen LogP contribution in [-0.4, -0.2) is 6.18 Å². The van der Waals surface area contributed by atoms with Crippen molar-refractivity contribution in [3.63, 3.8) is 0 Å². The highest BCUT2D eigenvalue weighted by molar-refractivity contribution is 5.26. The maximum absolute atomic E-state index is 11.8. The molecule has 1 nitrogen and oxygen atoms in total. The van der Waals surface area contributed by atoms with Crippen LogP contribution in [0.2, 0.25) is 0 Å². The summed E-state index contributed by atoms with van der Waals surface area (Å²) in [5.74, 6) is -0.277. The van der Waals surface area contributed by atoms with Crippen LogP contribution >= 0.6 is 0 Å². The van der Waals surface area contributed by atoms with Crippen LogP contribution < -0.4 is 0 Å². The van der Waals surface area contributed by atoms with E-state index in [4.69, 9.17) is 0 Å². The molecule has 1 aromatic carbocycles. The Bertz CT molecular complexity index is 250. The van der Waals surface area contributed by atoms with Gasteiger partial charge in [0.25, 0.3) is 0 Å². The highest BCUT2D eigenvalue weighted by atomic mass is 19.4. The summed E-state index contributed by atoms with van der Waals surface area (Å²) in [5.41, 5.74) is 0.113. The van der Waals surface area contributed by atoms with Gasteiger partial charge in [-0.2, -0.15) is 13.2 Å². The topological polar surface area (TPSA) is 19.9 Å². The minimum atomic E-state index is -4.20. The first-order valence-corrected chi connectivity index (χ1v) is 3.30. The number of benzene rings is 1. The van der Waals surface area contributed by atoms with Crippen LogP contribution in [0, 0.1) is 0 Å². The standard InChI is InChI=1S/C8H6F3O/c9-8(10,11)5-6-1-3-7(12)4-2-6/h1-4H,5H2. The second-order valence-electron chi connectivity index (χ2n) is 2.44. The van der Waals surface area contributed by atoms with Gasteiger partial charge >= 0.3 is 6.18 Å². The van der Waals surface area contributed by atoms with Crippen molar-refractivity contribution in [2.75, 3.05) is 0 Å². The summed E-state index contributed by atoms with van der Waals surface area (Å²) in [6.45, 7) is 0. The Balaban J connectivity index is 2.71. The summed E-state index contributed by atoms with van der Waals surface area (Å²) in [6.07, 6.45) is -5.18. The van der Waals surface area contributed by atoms with Gasteiger partial charge in [-0.05, 0) is 17.7 Å². The van der Waals surface area contributed by atoms with Gasteiger partial charge in [0.2, 0.25) is 0 Å². The van der Waals surface area contributed by atoms with Gasteiger partial charge in [-0.3, -0.25) is 5.11 Å². The van der Waals surface area contributed by atoms with E-state index in [0.717, 1.165) is 12.1 Å². The largest absolute Gasteiger partial charge is 0.393 e. The number of hydrogen-bond donors (Lipinski definition) is 0. The van der Waals surface area contributed by atoms with Crippen LogP contribution in [-0.2, 0) is 11.5 Å². The van der Waals surface area contributed by atoms with Crippen molar-refractivity contribution in [2.45, 2.75) is 12.6 Å². The van der Waals surface area contributed by atoms with Gasteiger partial charge in [0.15, 0.2) is 5.75 Å². The van der Waals surface area contributed by atoms with Crippen LogP contribution in [0.4, 0.5) is 13.2 Å². The molecule has 0 aromatic heterocycles. The molecule has 0 heterocycles. The quantitative estimate of drug-likeness (QED) is 0.625. The van der Waals surface area contributed by atoms with E-state index >= 15 is 0 Å². The molecule has 0 atom stereocenters. The summed E-state index contributed by atoms with van der Waals surface area (Å²) < 4.78 is 35.3. The fraction of sp³-hybridized carbons (Fsp3) is 0.250. The van der Waals surface area contributed by atoms with E-state index in [-0.39, 0.29) is 11.3 Å². The minimum Gasteiger partial charge on any atom is -0.290 e. The van der Waals surface area contributed by atoms with Gasteiger partial charge in [0.05, 0.1) is 6.42 Å². The molecule has 1 rings (SSSR count). The lowest BCUT2D eigenvalue weighted by Crippen LogP contribution is -2.11. The normalized spacial score (nSPS) is 11.6. The van der Waals surface area contributed by atoms with Gasteiger partial charge in [-0.25, -0.2) is 0 Å². The third-order valence-electron chi connectivity index (χ3n) is 1.33. The Morgan fingerprint density at radius 1 is 1.08 bits per heavy atom. The van der Waals surface area contributed by atoms with Gasteiger partial charge < -0.3 is 0 Å². The SMILES string of the molecule is [O]c1ccc(CC(F)(F)F)cc1. The first-order chi connectivity index (χ1) is 5.47. The molecule has 0 aliphatic rings. The molecule has 0 aliphatic heterocycles. The smallest absolute Gasteiger partial charge is 0.290 e. The molecular formula is C8H6F3O. The molecule has 0 fully saturated rings. The highest BCUT2D eigenvalue weighted by Crippen LogP contribution is 2.22. The number of halogens is 3. The maximum Gasteiger partial charge on any atom is 0.393 e. The molecule has 0 saturated heterocycles. The molecule has 0 aliphatic carbocycles. The molecule has 0 unspecified atom stereocenters. The average Bonchev–Trinajstić information content (AvgIpc) is 1.91. The fourth-order valence-electron chi connectivity index (χ4n) is 0.839. The molecule has 65 valence electrons. The minimum absolute atomic E-state index is 0.113. The zero-order valence-electron chi connectivity index (χ0n) is 6.06. The summed E-state index contributed by atoms with van der Waals surface area (Å²) in [7, 11) is 0. The van der Waals surface area contributed by atoms with Crippen LogP contribution in [0.15, 0.2) is 24.3 Å². The van der Waals surface area contributed by atoms with Gasteiger partial charge in [0, 0.05) is 0 Å². The van der Waals surface area contributed by atoms with Crippen molar-refractivity contribution in [3.8, 4) is 5.75 Å². The molecule has 1 aromatic rings. The van der Waals surface area contributed by atoms with Crippen molar-refractivity contribution in [1.29, 1.82) is 0 Å². The van der Waals surface area contributed by atoms with E-state index in [1.54, 1.807) is 0 Å². The third kappa shape index (κ3) is 2.82. The lowest BCUT2D eigenvalue weighted by Gasteiger charge is -2.04. The predicted octanol–water partition coefficient (Wildman–Crippen LogP) is 2.94. The van der Waals surface area contributed by atoms with Gasteiger partial charge in [0.1, 0.15) is 0 Å². The van der Waals surface area contributed by atoms with Crippen LogP contribution in [0.3, 0.4) is 0 Å². The number of rotatable bonds is 1. The van der Waals surface area contributed by atoms with Crippen molar-refractivity contribution in [3.05, 3.63) is 29.8 Å². The monoisotopic (exact) mass is 175 g/mol. The van der Waals surface area contributed by atoms with Crippen molar-refractivity contribution in [1.82, 2.24) is 0 Å². The van der Waals surface area contributed by atoms with Crippen LogP contribution in [0.25, 0.3) is 0 Å². The molecule has 1 radical (unpaired) electrons. The van der Waals surface area contributed by atoms with Gasteiger partial charge in [-0.15, -0.1) is 0 Å². The fourth-order valence-corrected chi connectivity index (χ4v) is 0.839. The maximum atomic E-state index is 11.8. The lowest BCUT2D eigenvalue weighted by atomic mass is 10.1. The Hall–Kier alpha value is -1.19. The van der Waals surface area contributed by atoms with Crippen molar-refractivity contribution in [2.24, 2.45) is 0 Å². The second kappa shape index (κ2) is 3.05. The molecule has 0 N–H and O–H groups in total. The number of alkyl halides is 3. The van der Waals surface area contributed by atoms with E-state index in [1.807, 2.05) is 0 Å². The Labute approximate surface area is 67.5 Å². The lowest BCUT2D eigenvalue weighted by molar-refractivity contribution is -0.127. The van der Waals surface area contributed by atoms with E-state index in [1.165, 1.54) is 12.1 Å². The summed E-state index contributed by atoms with van der Waals surface area (Å²) in [5, 5.41) is 10.5. The molecule has 4 heteroatoms. The first-order valence-electron chi connectivity index (χ1n) is 3.30. The molecule has 0 saturated carbocycles. The van der Waals surface area contributed by atoms with Crippen molar-refractivity contribution >= 4 is 0 Å². The summed E-state index contributed by atoms with van der Waals surface area (Å²) in [6, 6.07) is 4.63. The first kappa shape index (κ1) is 8.90. The molecule has 0 bridgehead atoms. The Morgan fingerprint density at radius 2 is 1.58 bits per heavy atom. The average molecular weight is 175 g/mol. The van der Waals surface area contributed by atoms with E-state index < -0.39 is 12.6 Å². The summed E-state index contributed by atoms with van der Waals surface area (Å²) >= 11 is 0. The molecular weight excluding hydrogens is 169 g/mol. The highest BCUT2D eigenvalue weighted by Gasteiger charge is 2.27. The van der Waals surface area contributed by atoms with Gasteiger partial charge in [-0.1, -0.05) is 12.1 Å². The second-order valence-corrected chi connectivity index (χ2v) is 2.44. The predicted molar refractivity (Wildman–Crippen MR) is 36.3 cm³/mol. The molecule has 12 heavy (non-hydrogen) atoms. The summed E-state index contributed by atoms with van der Waals surface area (Å²) in [4.78, 5) is 0. The number of hydrogen-bond acceptors (Lipinski definition) is 0. The van der Waals surface area contributed by atoms with Crippen molar-refractivity contribution < 1.29 is 18.3 Å². The zero-order chi connectivity index (χ0) is 9.19. The zero-order valence-corrected chi connectivity index (χ0v) is 6.06. The Kier molecular flexibility index (Phi) is 2.26. The third-order valence-corrected chi connectivity index (χ3v) is 1.33. The van der Waals surface area contributed by atoms with Crippen LogP contribution in [0.1, 0.15) is 5.56 Å². The van der Waals surface area contributed by atoms with E-state index in [9.17, 15) is 18.3 Å². The molecule has 0 spiro atoms. The van der Waals surface area contributed by atoms with Crippen LogP contribution in [0.5, 0.6) is 5.75 Å². The Morgan fingerprint density at radius 3 is 2.00 bits per heavy atom. The van der Waals surface area contributed by atoms with E-state index in [0.29, 0.717) is 0 Å². The molecule has 0 amide bonds.